The van der Waals surface area contributed by atoms with Crippen LogP contribution < -0.4 is 11.3 Å². The summed E-state index contributed by atoms with van der Waals surface area (Å²) in [6.07, 6.45) is 0.529. The molecule has 0 bridgehead atoms. The molecule has 0 aromatic heterocycles. The van der Waals surface area contributed by atoms with E-state index in [0.29, 0.717) is 12.0 Å². The average molecular weight is 327 g/mol. The van der Waals surface area contributed by atoms with Gasteiger partial charge in [0.05, 0.1) is 6.04 Å². The second-order valence-electron chi connectivity index (χ2n) is 4.22. The molecule has 0 saturated carbocycles. The summed E-state index contributed by atoms with van der Waals surface area (Å²) in [6, 6.07) is 10.7. The smallest absolute Gasteiger partial charge is 0.126 e. The molecule has 0 aliphatic rings. The fourth-order valence-electron chi connectivity index (χ4n) is 1.93. The molecule has 1 atom stereocenters. The predicted molar refractivity (Wildman–Crippen MR) is 74.3 cm³/mol. The molecule has 2 aromatic rings. The van der Waals surface area contributed by atoms with Crippen LogP contribution in [-0.2, 0) is 6.42 Å². The zero-order valence-corrected chi connectivity index (χ0v) is 11.6. The van der Waals surface area contributed by atoms with Gasteiger partial charge in [0, 0.05) is 10.5 Å². The van der Waals surface area contributed by atoms with Gasteiger partial charge in [0.15, 0.2) is 0 Å². The van der Waals surface area contributed by atoms with E-state index < -0.39 is 11.6 Å². The lowest BCUT2D eigenvalue weighted by molar-refractivity contribution is 0.530. The van der Waals surface area contributed by atoms with Crippen LogP contribution in [0.2, 0.25) is 0 Å². The normalized spacial score (nSPS) is 12.4. The van der Waals surface area contributed by atoms with E-state index in [1.165, 1.54) is 12.1 Å². The first kappa shape index (κ1) is 14.1. The van der Waals surface area contributed by atoms with E-state index in [1.807, 2.05) is 24.3 Å². The molecule has 0 fully saturated rings. The van der Waals surface area contributed by atoms with E-state index in [-0.39, 0.29) is 6.04 Å². The Hall–Kier alpha value is -1.30. The maximum Gasteiger partial charge on any atom is 0.126 e. The van der Waals surface area contributed by atoms with Crippen molar-refractivity contribution in [3.8, 4) is 0 Å². The van der Waals surface area contributed by atoms with Gasteiger partial charge in [0.1, 0.15) is 11.6 Å². The van der Waals surface area contributed by atoms with Gasteiger partial charge in [-0.2, -0.15) is 0 Å². The van der Waals surface area contributed by atoms with Crippen molar-refractivity contribution in [3.05, 3.63) is 69.7 Å². The lowest BCUT2D eigenvalue weighted by Gasteiger charge is -2.17. The summed E-state index contributed by atoms with van der Waals surface area (Å²) in [6.45, 7) is 0. The first-order valence-corrected chi connectivity index (χ1v) is 6.55. The molecule has 5 heteroatoms. The summed E-state index contributed by atoms with van der Waals surface area (Å²) in [7, 11) is 0. The number of hydrogen-bond acceptors (Lipinski definition) is 2. The van der Waals surface area contributed by atoms with Crippen LogP contribution in [0.25, 0.3) is 0 Å². The van der Waals surface area contributed by atoms with E-state index >= 15 is 0 Å². The molecule has 0 saturated heterocycles. The topological polar surface area (TPSA) is 38.0 Å². The SMILES string of the molecule is NNC(Cc1ccccc1Br)c1cc(F)cc(F)c1. The second-order valence-corrected chi connectivity index (χ2v) is 5.07. The molecule has 1 unspecified atom stereocenters. The molecular formula is C14H13BrF2N2. The van der Waals surface area contributed by atoms with Gasteiger partial charge in [-0.1, -0.05) is 34.1 Å². The summed E-state index contributed by atoms with van der Waals surface area (Å²) < 4.78 is 27.4. The van der Waals surface area contributed by atoms with Crippen molar-refractivity contribution >= 4 is 15.9 Å². The van der Waals surface area contributed by atoms with Gasteiger partial charge >= 0.3 is 0 Å². The third-order valence-corrected chi connectivity index (χ3v) is 3.64. The van der Waals surface area contributed by atoms with E-state index in [2.05, 4.69) is 21.4 Å². The third kappa shape index (κ3) is 3.59. The molecule has 0 aliphatic carbocycles. The molecule has 100 valence electrons. The molecule has 0 amide bonds. The highest BCUT2D eigenvalue weighted by atomic mass is 79.9. The Morgan fingerprint density at radius 3 is 2.32 bits per heavy atom. The molecule has 0 spiro atoms. The molecule has 2 aromatic carbocycles. The first-order chi connectivity index (χ1) is 9.10. The number of hydrazine groups is 1. The van der Waals surface area contributed by atoms with Gasteiger partial charge in [0.25, 0.3) is 0 Å². The fourth-order valence-corrected chi connectivity index (χ4v) is 2.38. The van der Waals surface area contributed by atoms with Gasteiger partial charge in [-0.3, -0.25) is 11.3 Å². The van der Waals surface area contributed by atoms with Crippen LogP contribution in [0.15, 0.2) is 46.9 Å². The van der Waals surface area contributed by atoms with Gasteiger partial charge < -0.3 is 0 Å². The van der Waals surface area contributed by atoms with Crippen LogP contribution in [0.3, 0.4) is 0 Å². The van der Waals surface area contributed by atoms with Crippen LogP contribution in [-0.4, -0.2) is 0 Å². The van der Waals surface area contributed by atoms with E-state index in [0.717, 1.165) is 16.1 Å². The highest BCUT2D eigenvalue weighted by molar-refractivity contribution is 9.10. The first-order valence-electron chi connectivity index (χ1n) is 5.75. The van der Waals surface area contributed by atoms with Gasteiger partial charge in [-0.25, -0.2) is 8.78 Å². The number of benzene rings is 2. The molecule has 2 rings (SSSR count). The Kier molecular flexibility index (Phi) is 4.63. The third-order valence-electron chi connectivity index (χ3n) is 2.87. The summed E-state index contributed by atoms with van der Waals surface area (Å²) >= 11 is 3.44. The summed E-state index contributed by atoms with van der Waals surface area (Å²) in [5.41, 5.74) is 4.09. The van der Waals surface area contributed by atoms with Crippen molar-refractivity contribution in [1.29, 1.82) is 0 Å². The number of hydrogen-bond donors (Lipinski definition) is 2. The Morgan fingerprint density at radius 2 is 1.74 bits per heavy atom. The number of nitrogens with one attached hydrogen (secondary N) is 1. The fraction of sp³-hybridized carbons (Fsp3) is 0.143. The lowest BCUT2D eigenvalue weighted by Crippen LogP contribution is -2.29. The highest BCUT2D eigenvalue weighted by Gasteiger charge is 2.14. The highest BCUT2D eigenvalue weighted by Crippen LogP contribution is 2.24. The lowest BCUT2D eigenvalue weighted by atomic mass is 9.99. The maximum absolute atomic E-state index is 13.2. The number of nitrogens with two attached hydrogens (primary N) is 1. The van der Waals surface area contributed by atoms with E-state index in [9.17, 15) is 8.78 Å². The van der Waals surface area contributed by atoms with Crippen molar-refractivity contribution in [2.75, 3.05) is 0 Å². The van der Waals surface area contributed by atoms with Crippen LogP contribution in [0.4, 0.5) is 8.78 Å². The van der Waals surface area contributed by atoms with Crippen LogP contribution >= 0.6 is 15.9 Å². The minimum Gasteiger partial charge on any atom is -0.271 e. The predicted octanol–water partition coefficient (Wildman–Crippen LogP) is 3.47. The Bertz CT molecular complexity index is 555. The minimum absolute atomic E-state index is 0.357. The number of halogens is 3. The molecule has 3 N–H and O–H groups in total. The van der Waals surface area contributed by atoms with E-state index in [1.54, 1.807) is 0 Å². The minimum atomic E-state index is -0.609. The second kappa shape index (κ2) is 6.23. The monoisotopic (exact) mass is 326 g/mol. The molecule has 0 aliphatic heterocycles. The van der Waals surface area contributed by atoms with Crippen LogP contribution in [0.1, 0.15) is 17.2 Å². The van der Waals surface area contributed by atoms with Crippen LogP contribution in [0.5, 0.6) is 0 Å². The van der Waals surface area contributed by atoms with Crippen molar-refractivity contribution in [2.45, 2.75) is 12.5 Å². The van der Waals surface area contributed by atoms with Crippen molar-refractivity contribution in [1.82, 2.24) is 5.43 Å². The summed E-state index contributed by atoms with van der Waals surface area (Å²) in [4.78, 5) is 0. The largest absolute Gasteiger partial charge is 0.271 e. The van der Waals surface area contributed by atoms with Crippen molar-refractivity contribution in [2.24, 2.45) is 5.84 Å². The summed E-state index contributed by atoms with van der Waals surface area (Å²) in [5.74, 6) is 4.27. The zero-order valence-electron chi connectivity index (χ0n) is 10.0. The molecule has 2 nitrogen and oxygen atoms in total. The quantitative estimate of drug-likeness (QED) is 0.667. The summed E-state index contributed by atoms with van der Waals surface area (Å²) in [5, 5.41) is 0. The molecule has 0 heterocycles. The van der Waals surface area contributed by atoms with Gasteiger partial charge in [-0.15, -0.1) is 0 Å². The molecule has 0 radical (unpaired) electrons. The van der Waals surface area contributed by atoms with Gasteiger partial charge in [-0.05, 0) is 35.7 Å². The number of rotatable bonds is 4. The van der Waals surface area contributed by atoms with Crippen molar-refractivity contribution in [3.63, 3.8) is 0 Å². The molecule has 19 heavy (non-hydrogen) atoms. The average Bonchev–Trinajstić information content (AvgIpc) is 2.36. The maximum atomic E-state index is 13.2. The van der Waals surface area contributed by atoms with E-state index in [4.69, 9.17) is 5.84 Å². The zero-order chi connectivity index (χ0) is 13.8. The van der Waals surface area contributed by atoms with Gasteiger partial charge in [0.2, 0.25) is 0 Å². The Morgan fingerprint density at radius 1 is 1.11 bits per heavy atom. The standard InChI is InChI=1S/C14H13BrF2N2/c15-13-4-2-1-3-9(13)7-14(19-18)10-5-11(16)8-12(17)6-10/h1-6,8,14,19H,7,18H2. The Labute approximate surface area is 118 Å². The Balaban J connectivity index is 2.28. The molecular weight excluding hydrogens is 314 g/mol. The van der Waals surface area contributed by atoms with Crippen molar-refractivity contribution < 1.29 is 8.78 Å². The van der Waals surface area contributed by atoms with Crippen LogP contribution in [0, 0.1) is 11.6 Å².